The van der Waals surface area contributed by atoms with Crippen molar-refractivity contribution >= 4 is 37.1 Å². The van der Waals surface area contributed by atoms with Gasteiger partial charge >= 0.3 is 0 Å². The minimum atomic E-state index is -2.83. The number of thiophene rings is 1. The van der Waals surface area contributed by atoms with Crippen molar-refractivity contribution in [3.63, 3.8) is 0 Å². The van der Waals surface area contributed by atoms with Crippen LogP contribution >= 0.6 is 27.3 Å². The molecular weight excluding hydrogens is 322 g/mol. The van der Waals surface area contributed by atoms with Crippen LogP contribution in [-0.2, 0) is 16.4 Å². The number of halogens is 1. The second kappa shape index (κ2) is 4.64. The van der Waals surface area contributed by atoms with E-state index in [2.05, 4.69) is 34.2 Å². The monoisotopic (exact) mass is 337 g/mol. The molecule has 1 aromatic heterocycles. The predicted octanol–water partition coefficient (Wildman–Crippen LogP) is 2.49. The van der Waals surface area contributed by atoms with Gasteiger partial charge in [-0.1, -0.05) is 0 Å². The van der Waals surface area contributed by atoms with Crippen molar-refractivity contribution in [2.24, 2.45) is 0 Å². The Labute approximate surface area is 115 Å². The Bertz CT molecular complexity index is 504. The molecule has 96 valence electrons. The largest absolute Gasteiger partial charge is 0.306 e. The molecule has 1 fully saturated rings. The molecule has 6 heteroatoms. The van der Waals surface area contributed by atoms with Gasteiger partial charge in [-0.15, -0.1) is 11.3 Å². The van der Waals surface area contributed by atoms with Crippen molar-refractivity contribution in [1.82, 2.24) is 5.32 Å². The zero-order valence-corrected chi connectivity index (χ0v) is 13.1. The number of aryl methyl sites for hydroxylation is 1. The number of hydrogen-bond acceptors (Lipinski definition) is 4. The van der Waals surface area contributed by atoms with Gasteiger partial charge in [0, 0.05) is 26.3 Å². The smallest absolute Gasteiger partial charge is 0.152 e. The lowest BCUT2D eigenvalue weighted by Gasteiger charge is -2.23. The molecule has 0 radical (unpaired) electrons. The SMILES string of the molecule is Cc1sc(CNC2(C)CCS(=O)(=O)C2)cc1Br. The van der Waals surface area contributed by atoms with Gasteiger partial charge in [0.2, 0.25) is 0 Å². The number of rotatable bonds is 3. The van der Waals surface area contributed by atoms with Crippen LogP contribution in [0.3, 0.4) is 0 Å². The Morgan fingerprint density at radius 1 is 1.59 bits per heavy atom. The summed E-state index contributed by atoms with van der Waals surface area (Å²) >= 11 is 5.23. The van der Waals surface area contributed by atoms with E-state index in [1.807, 2.05) is 6.92 Å². The maximum atomic E-state index is 11.5. The van der Waals surface area contributed by atoms with Crippen LogP contribution in [0.2, 0.25) is 0 Å². The zero-order valence-electron chi connectivity index (χ0n) is 9.92. The van der Waals surface area contributed by atoms with Crippen molar-refractivity contribution in [2.75, 3.05) is 11.5 Å². The molecule has 1 aliphatic heterocycles. The zero-order chi connectivity index (χ0) is 12.7. The van der Waals surface area contributed by atoms with Crippen LogP contribution in [0.25, 0.3) is 0 Å². The molecule has 1 saturated heterocycles. The second-order valence-electron chi connectivity index (χ2n) is 4.87. The van der Waals surface area contributed by atoms with Crippen LogP contribution in [0.1, 0.15) is 23.1 Å². The van der Waals surface area contributed by atoms with E-state index in [9.17, 15) is 8.42 Å². The van der Waals surface area contributed by atoms with Gasteiger partial charge in [-0.3, -0.25) is 0 Å². The van der Waals surface area contributed by atoms with Gasteiger partial charge in [-0.05, 0) is 42.3 Å². The van der Waals surface area contributed by atoms with E-state index in [0.717, 1.165) is 11.0 Å². The molecule has 3 nitrogen and oxygen atoms in total. The molecule has 1 atom stereocenters. The lowest BCUT2D eigenvalue weighted by atomic mass is 10.0. The highest BCUT2D eigenvalue weighted by Crippen LogP contribution is 2.28. The Morgan fingerprint density at radius 3 is 2.76 bits per heavy atom. The van der Waals surface area contributed by atoms with Crippen LogP contribution < -0.4 is 5.32 Å². The molecule has 0 aliphatic carbocycles. The molecule has 1 aromatic rings. The van der Waals surface area contributed by atoms with Gasteiger partial charge in [-0.25, -0.2) is 8.42 Å². The van der Waals surface area contributed by atoms with E-state index >= 15 is 0 Å². The summed E-state index contributed by atoms with van der Waals surface area (Å²) in [5.41, 5.74) is -0.261. The van der Waals surface area contributed by atoms with E-state index in [-0.39, 0.29) is 11.3 Å². The lowest BCUT2D eigenvalue weighted by molar-refractivity contribution is 0.397. The Kier molecular flexibility index (Phi) is 3.69. The summed E-state index contributed by atoms with van der Waals surface area (Å²) in [6.45, 7) is 4.80. The van der Waals surface area contributed by atoms with E-state index < -0.39 is 9.84 Å². The molecule has 17 heavy (non-hydrogen) atoms. The van der Waals surface area contributed by atoms with Crippen LogP contribution in [0, 0.1) is 6.92 Å². The number of nitrogens with one attached hydrogen (secondary N) is 1. The van der Waals surface area contributed by atoms with E-state index in [1.54, 1.807) is 11.3 Å². The van der Waals surface area contributed by atoms with Gasteiger partial charge in [0.1, 0.15) is 0 Å². The van der Waals surface area contributed by atoms with Gasteiger partial charge in [0.15, 0.2) is 9.84 Å². The summed E-state index contributed by atoms with van der Waals surface area (Å²) in [7, 11) is -2.83. The minimum Gasteiger partial charge on any atom is -0.306 e. The molecule has 1 aliphatic rings. The fourth-order valence-electron chi connectivity index (χ4n) is 2.06. The molecular formula is C11H16BrNO2S2. The quantitative estimate of drug-likeness (QED) is 0.921. The Balaban J connectivity index is 1.99. The first-order valence-electron chi connectivity index (χ1n) is 5.50. The number of sulfone groups is 1. The topological polar surface area (TPSA) is 46.2 Å². The third-order valence-corrected chi connectivity index (χ3v) is 7.14. The highest BCUT2D eigenvalue weighted by molar-refractivity contribution is 9.10. The standard InChI is InChI=1S/C11H16BrNO2S2/c1-8-10(12)5-9(16-8)6-13-11(2)3-4-17(14,15)7-11/h5,13H,3-4,6-7H2,1-2H3. The molecule has 1 unspecified atom stereocenters. The Morgan fingerprint density at radius 2 is 2.29 bits per heavy atom. The molecule has 2 heterocycles. The molecule has 2 rings (SSSR count). The fraction of sp³-hybridized carbons (Fsp3) is 0.636. The normalized spacial score (nSPS) is 27.5. The van der Waals surface area contributed by atoms with Crippen LogP contribution in [0.4, 0.5) is 0 Å². The maximum absolute atomic E-state index is 11.5. The van der Waals surface area contributed by atoms with Crippen molar-refractivity contribution in [3.05, 3.63) is 20.3 Å². The van der Waals surface area contributed by atoms with Crippen molar-refractivity contribution in [1.29, 1.82) is 0 Å². The third kappa shape index (κ3) is 3.30. The maximum Gasteiger partial charge on any atom is 0.152 e. The van der Waals surface area contributed by atoms with E-state index in [0.29, 0.717) is 12.2 Å². The van der Waals surface area contributed by atoms with Gasteiger partial charge in [0.05, 0.1) is 11.5 Å². The summed E-state index contributed by atoms with van der Waals surface area (Å²) < 4.78 is 24.1. The molecule has 0 aromatic carbocycles. The summed E-state index contributed by atoms with van der Waals surface area (Å²) in [6, 6.07) is 2.10. The van der Waals surface area contributed by atoms with E-state index in [1.165, 1.54) is 9.75 Å². The first-order chi connectivity index (χ1) is 7.80. The van der Waals surface area contributed by atoms with Crippen LogP contribution in [-0.4, -0.2) is 25.5 Å². The molecule has 0 spiro atoms. The van der Waals surface area contributed by atoms with Gasteiger partial charge in [-0.2, -0.15) is 0 Å². The summed E-state index contributed by atoms with van der Waals surface area (Å²) in [4.78, 5) is 2.49. The highest BCUT2D eigenvalue weighted by Gasteiger charge is 2.37. The minimum absolute atomic E-state index is 0.255. The Hall–Kier alpha value is 0.0900. The highest BCUT2D eigenvalue weighted by atomic mass is 79.9. The molecule has 0 saturated carbocycles. The van der Waals surface area contributed by atoms with Crippen molar-refractivity contribution in [2.45, 2.75) is 32.4 Å². The first-order valence-corrected chi connectivity index (χ1v) is 8.93. The number of hydrogen-bond donors (Lipinski definition) is 1. The molecule has 1 N–H and O–H groups in total. The summed E-state index contributed by atoms with van der Waals surface area (Å²) in [6.07, 6.45) is 0.709. The summed E-state index contributed by atoms with van der Waals surface area (Å²) in [5, 5.41) is 3.38. The van der Waals surface area contributed by atoms with Gasteiger partial charge in [0.25, 0.3) is 0 Å². The molecule has 0 amide bonds. The first kappa shape index (κ1) is 13.5. The summed E-state index contributed by atoms with van der Waals surface area (Å²) in [5.74, 6) is 0.565. The van der Waals surface area contributed by atoms with Crippen molar-refractivity contribution < 1.29 is 8.42 Å². The average Bonchev–Trinajstić information content (AvgIpc) is 2.66. The van der Waals surface area contributed by atoms with Crippen LogP contribution in [0.5, 0.6) is 0 Å². The third-order valence-electron chi connectivity index (χ3n) is 3.10. The van der Waals surface area contributed by atoms with E-state index in [4.69, 9.17) is 0 Å². The van der Waals surface area contributed by atoms with Gasteiger partial charge < -0.3 is 5.32 Å². The molecule has 0 bridgehead atoms. The lowest BCUT2D eigenvalue weighted by Crippen LogP contribution is -2.42. The van der Waals surface area contributed by atoms with Crippen molar-refractivity contribution in [3.8, 4) is 0 Å². The predicted molar refractivity (Wildman–Crippen MR) is 75.3 cm³/mol. The second-order valence-corrected chi connectivity index (χ2v) is 9.25. The average molecular weight is 338 g/mol. The fourth-order valence-corrected chi connectivity index (χ4v) is 5.72. The van der Waals surface area contributed by atoms with Crippen LogP contribution in [0.15, 0.2) is 10.5 Å².